The van der Waals surface area contributed by atoms with Gasteiger partial charge in [-0.3, -0.25) is 9.80 Å². The van der Waals surface area contributed by atoms with Gasteiger partial charge in [0.1, 0.15) is 0 Å². The molecule has 1 aliphatic heterocycles. The fraction of sp³-hybridized carbons (Fsp3) is 0.800. The van der Waals surface area contributed by atoms with E-state index in [0.717, 1.165) is 24.7 Å². The maximum atomic E-state index is 5.79. The molecule has 1 heterocycles. The van der Waals surface area contributed by atoms with E-state index < -0.39 is 0 Å². The lowest BCUT2D eigenvalue weighted by Crippen LogP contribution is -2.54. The lowest BCUT2D eigenvalue weighted by molar-refractivity contribution is 0.0668. The summed E-state index contributed by atoms with van der Waals surface area (Å²) in [6, 6.07) is 1.22. The minimum Gasteiger partial charge on any atom is -0.298 e. The number of halogens is 1. The van der Waals surface area contributed by atoms with Gasteiger partial charge in [0.05, 0.1) is 0 Å². The highest BCUT2D eigenvalue weighted by atomic mass is 35.5. The molecular weight excluding hydrogens is 184 g/mol. The highest BCUT2D eigenvalue weighted by Crippen LogP contribution is 2.14. The van der Waals surface area contributed by atoms with Crippen LogP contribution in [-0.2, 0) is 0 Å². The van der Waals surface area contributed by atoms with Crippen LogP contribution in [-0.4, -0.2) is 48.6 Å². The monoisotopic (exact) mass is 202 g/mol. The molecule has 0 aromatic carbocycles. The Morgan fingerprint density at radius 1 is 1.38 bits per heavy atom. The van der Waals surface area contributed by atoms with Crippen LogP contribution < -0.4 is 0 Å². The quantitative estimate of drug-likeness (QED) is 0.674. The molecule has 0 amide bonds. The average molecular weight is 203 g/mol. The molecule has 0 aliphatic carbocycles. The largest absolute Gasteiger partial charge is 0.298 e. The number of hydrogen-bond acceptors (Lipinski definition) is 2. The zero-order chi connectivity index (χ0) is 10.0. The van der Waals surface area contributed by atoms with Gasteiger partial charge in [-0.1, -0.05) is 18.2 Å². The molecule has 1 rings (SSSR count). The van der Waals surface area contributed by atoms with E-state index in [1.54, 1.807) is 0 Å². The zero-order valence-electron chi connectivity index (χ0n) is 8.76. The molecule has 13 heavy (non-hydrogen) atoms. The maximum absolute atomic E-state index is 5.79. The van der Waals surface area contributed by atoms with E-state index in [2.05, 4.69) is 37.3 Å². The summed E-state index contributed by atoms with van der Waals surface area (Å²) in [6.07, 6.45) is 0. The molecule has 0 N–H and O–H groups in total. The van der Waals surface area contributed by atoms with Crippen LogP contribution >= 0.6 is 11.6 Å². The molecule has 2 nitrogen and oxygen atoms in total. The summed E-state index contributed by atoms with van der Waals surface area (Å²) in [5, 5.41) is 0.740. The predicted octanol–water partition coefficient (Wildman–Crippen LogP) is 1.76. The van der Waals surface area contributed by atoms with E-state index >= 15 is 0 Å². The average Bonchev–Trinajstić information content (AvgIpc) is 1.98. The maximum Gasteiger partial charge on any atom is 0.0336 e. The van der Waals surface area contributed by atoms with E-state index in [1.165, 1.54) is 0 Å². The van der Waals surface area contributed by atoms with Crippen molar-refractivity contribution in [3.05, 3.63) is 11.6 Å². The third-order valence-electron chi connectivity index (χ3n) is 2.83. The third-order valence-corrected chi connectivity index (χ3v) is 2.95. The topological polar surface area (TPSA) is 6.48 Å². The lowest BCUT2D eigenvalue weighted by Gasteiger charge is -2.42. The van der Waals surface area contributed by atoms with Gasteiger partial charge >= 0.3 is 0 Å². The van der Waals surface area contributed by atoms with Crippen LogP contribution in [0.1, 0.15) is 13.8 Å². The van der Waals surface area contributed by atoms with Gasteiger partial charge in [0.25, 0.3) is 0 Å². The number of piperazine rings is 1. The molecule has 0 radical (unpaired) electrons. The van der Waals surface area contributed by atoms with Crippen molar-refractivity contribution < 1.29 is 0 Å². The zero-order valence-corrected chi connectivity index (χ0v) is 9.51. The van der Waals surface area contributed by atoms with Crippen molar-refractivity contribution in [3.8, 4) is 0 Å². The SMILES string of the molecule is C=C(Cl)CN1C[C@@H](C)N(C)[C@@H](C)C1. The van der Waals surface area contributed by atoms with Crippen molar-refractivity contribution in [2.75, 3.05) is 26.7 Å². The first-order valence-electron chi connectivity index (χ1n) is 4.78. The van der Waals surface area contributed by atoms with E-state index in [-0.39, 0.29) is 0 Å². The summed E-state index contributed by atoms with van der Waals surface area (Å²) < 4.78 is 0. The number of hydrogen-bond donors (Lipinski definition) is 0. The Kier molecular flexibility index (Phi) is 3.77. The number of nitrogens with zero attached hydrogens (tertiary/aromatic N) is 2. The second kappa shape index (κ2) is 4.45. The second-order valence-electron chi connectivity index (χ2n) is 4.07. The molecular formula is C10H19ClN2. The van der Waals surface area contributed by atoms with E-state index in [9.17, 15) is 0 Å². The molecule has 3 heteroatoms. The van der Waals surface area contributed by atoms with Crippen LogP contribution in [0.3, 0.4) is 0 Å². The van der Waals surface area contributed by atoms with Gasteiger partial charge < -0.3 is 0 Å². The minimum atomic E-state index is 0.611. The summed E-state index contributed by atoms with van der Waals surface area (Å²) in [4.78, 5) is 4.78. The van der Waals surface area contributed by atoms with Crippen molar-refractivity contribution in [1.82, 2.24) is 9.80 Å². The highest BCUT2D eigenvalue weighted by Gasteiger charge is 2.25. The Morgan fingerprint density at radius 3 is 2.23 bits per heavy atom. The lowest BCUT2D eigenvalue weighted by atomic mass is 10.1. The fourth-order valence-corrected chi connectivity index (χ4v) is 2.05. The Balaban J connectivity index is 2.48. The van der Waals surface area contributed by atoms with Gasteiger partial charge in [-0.25, -0.2) is 0 Å². The minimum absolute atomic E-state index is 0.611. The first-order valence-corrected chi connectivity index (χ1v) is 5.16. The van der Waals surface area contributed by atoms with E-state index in [1.807, 2.05) is 0 Å². The number of rotatable bonds is 2. The first kappa shape index (κ1) is 11.0. The summed E-state index contributed by atoms with van der Waals surface area (Å²) >= 11 is 5.79. The molecule has 1 aliphatic rings. The summed E-state index contributed by atoms with van der Waals surface area (Å²) in [5.41, 5.74) is 0. The van der Waals surface area contributed by atoms with Crippen LogP contribution in [0, 0.1) is 0 Å². The standard InChI is InChI=1S/C10H19ClN2/c1-8(11)5-13-6-9(2)12(4)10(3)7-13/h9-10H,1,5-7H2,2-4H3/t9-,10+. The van der Waals surface area contributed by atoms with Gasteiger partial charge in [0.15, 0.2) is 0 Å². The Labute approximate surface area is 86.2 Å². The first-order chi connectivity index (χ1) is 6.00. The van der Waals surface area contributed by atoms with Crippen molar-refractivity contribution >= 4 is 11.6 Å². The molecule has 1 fully saturated rings. The number of likely N-dealkylation sites (N-methyl/N-ethyl adjacent to an activating group) is 1. The van der Waals surface area contributed by atoms with Crippen LogP contribution in [0.2, 0.25) is 0 Å². The van der Waals surface area contributed by atoms with Crippen LogP contribution in [0.15, 0.2) is 11.6 Å². The third kappa shape index (κ3) is 2.97. The van der Waals surface area contributed by atoms with Crippen molar-refractivity contribution in [2.45, 2.75) is 25.9 Å². The van der Waals surface area contributed by atoms with Gasteiger partial charge in [0.2, 0.25) is 0 Å². The van der Waals surface area contributed by atoms with Crippen LogP contribution in [0.4, 0.5) is 0 Å². The van der Waals surface area contributed by atoms with Gasteiger partial charge in [-0.2, -0.15) is 0 Å². The molecule has 0 unspecified atom stereocenters. The van der Waals surface area contributed by atoms with Crippen molar-refractivity contribution in [1.29, 1.82) is 0 Å². The molecule has 0 saturated carbocycles. The van der Waals surface area contributed by atoms with Crippen molar-refractivity contribution in [2.24, 2.45) is 0 Å². The second-order valence-corrected chi connectivity index (χ2v) is 4.61. The normalized spacial score (nSPS) is 32.0. The Hall–Kier alpha value is -0.0500. The molecule has 0 bridgehead atoms. The highest BCUT2D eigenvalue weighted by molar-refractivity contribution is 6.29. The summed E-state index contributed by atoms with van der Waals surface area (Å²) in [5.74, 6) is 0. The molecule has 0 spiro atoms. The van der Waals surface area contributed by atoms with Crippen molar-refractivity contribution in [3.63, 3.8) is 0 Å². The summed E-state index contributed by atoms with van der Waals surface area (Å²) in [6.45, 7) is 11.2. The predicted molar refractivity (Wildman–Crippen MR) is 58.1 cm³/mol. The molecule has 1 saturated heterocycles. The molecule has 0 aromatic heterocycles. The van der Waals surface area contributed by atoms with E-state index in [0.29, 0.717) is 12.1 Å². The fourth-order valence-electron chi connectivity index (χ4n) is 1.89. The van der Waals surface area contributed by atoms with E-state index in [4.69, 9.17) is 11.6 Å². The molecule has 2 atom stereocenters. The summed E-state index contributed by atoms with van der Waals surface area (Å²) in [7, 11) is 2.18. The molecule has 76 valence electrons. The smallest absolute Gasteiger partial charge is 0.0336 e. The van der Waals surface area contributed by atoms with Gasteiger partial charge in [0, 0.05) is 36.8 Å². The van der Waals surface area contributed by atoms with Crippen LogP contribution in [0.25, 0.3) is 0 Å². The Bertz CT molecular complexity index is 181. The Morgan fingerprint density at radius 2 is 1.85 bits per heavy atom. The van der Waals surface area contributed by atoms with Gasteiger partial charge in [-0.15, -0.1) is 0 Å². The van der Waals surface area contributed by atoms with Crippen LogP contribution in [0.5, 0.6) is 0 Å². The molecule has 0 aromatic rings. The van der Waals surface area contributed by atoms with Gasteiger partial charge in [-0.05, 0) is 20.9 Å².